The van der Waals surface area contributed by atoms with Crippen LogP contribution in [0, 0.1) is 0 Å². The Balaban J connectivity index is 1.51. The first-order chi connectivity index (χ1) is 15.7. The lowest BCUT2D eigenvalue weighted by atomic mass is 10.1. The minimum absolute atomic E-state index is 0.168. The lowest BCUT2D eigenvalue weighted by Crippen LogP contribution is -2.11. The zero-order chi connectivity index (χ0) is 21.7. The van der Waals surface area contributed by atoms with Gasteiger partial charge in [-0.3, -0.25) is 4.79 Å². The van der Waals surface area contributed by atoms with Gasteiger partial charge in [0.2, 0.25) is 6.79 Å². The molecule has 1 aliphatic heterocycles. The summed E-state index contributed by atoms with van der Waals surface area (Å²) in [5, 5.41) is 0.973. The predicted molar refractivity (Wildman–Crippen MR) is 123 cm³/mol. The fourth-order valence-electron chi connectivity index (χ4n) is 4.28. The summed E-state index contributed by atoms with van der Waals surface area (Å²) in [7, 11) is 0. The highest BCUT2D eigenvalue weighted by Gasteiger charge is 2.19. The van der Waals surface area contributed by atoms with Crippen LogP contribution in [-0.4, -0.2) is 21.3 Å². The molecule has 5 aromatic rings. The molecule has 0 fully saturated rings. The van der Waals surface area contributed by atoms with Crippen molar-refractivity contribution < 1.29 is 9.47 Å². The molecule has 3 heterocycles. The number of hydrogen-bond donors (Lipinski definition) is 2. The average Bonchev–Trinajstić information content (AvgIpc) is 3.42. The first-order valence-electron chi connectivity index (χ1n) is 10.4. The third-order valence-corrected chi connectivity index (χ3v) is 5.81. The van der Waals surface area contributed by atoms with E-state index in [1.54, 1.807) is 12.1 Å². The van der Waals surface area contributed by atoms with E-state index in [1.165, 1.54) is 0 Å². The molecule has 3 N–H and O–H groups in total. The van der Waals surface area contributed by atoms with Gasteiger partial charge in [-0.2, -0.15) is 0 Å². The van der Waals surface area contributed by atoms with E-state index >= 15 is 0 Å². The highest BCUT2D eigenvalue weighted by Crippen LogP contribution is 2.35. The van der Waals surface area contributed by atoms with Crippen LogP contribution in [0.3, 0.4) is 0 Å². The summed E-state index contributed by atoms with van der Waals surface area (Å²) in [4.78, 5) is 20.7. The second kappa shape index (κ2) is 7.25. The minimum atomic E-state index is -0.246. The molecule has 0 aliphatic carbocycles. The Labute approximate surface area is 183 Å². The SMILES string of the molecule is NCc1cccc(Cn2cc(-c3nc4cc5c(cc4[nH]c3=O)OCO5)c3ccccc32)c1. The molecule has 3 aromatic carbocycles. The second-order valence-electron chi connectivity index (χ2n) is 7.85. The fourth-order valence-corrected chi connectivity index (χ4v) is 4.28. The van der Waals surface area contributed by atoms with Crippen LogP contribution in [0.1, 0.15) is 11.1 Å². The molecule has 1 aliphatic rings. The number of aromatic nitrogens is 3. The topological polar surface area (TPSA) is 95.2 Å². The number of nitrogens with zero attached hydrogens (tertiary/aromatic N) is 2. The highest BCUT2D eigenvalue weighted by atomic mass is 16.7. The first-order valence-corrected chi connectivity index (χ1v) is 10.4. The van der Waals surface area contributed by atoms with Crippen molar-refractivity contribution >= 4 is 21.9 Å². The van der Waals surface area contributed by atoms with Crippen LogP contribution in [-0.2, 0) is 13.1 Å². The number of nitrogens with two attached hydrogens (primary N) is 1. The van der Waals surface area contributed by atoms with Crippen LogP contribution < -0.4 is 20.8 Å². The monoisotopic (exact) mass is 424 g/mol. The molecule has 0 saturated heterocycles. The van der Waals surface area contributed by atoms with E-state index in [0.29, 0.717) is 41.3 Å². The predicted octanol–water partition coefficient (Wildman–Crippen LogP) is 3.78. The first kappa shape index (κ1) is 18.7. The third-order valence-electron chi connectivity index (χ3n) is 5.81. The summed E-state index contributed by atoms with van der Waals surface area (Å²) in [5.41, 5.74) is 11.3. The van der Waals surface area contributed by atoms with Crippen LogP contribution in [0.2, 0.25) is 0 Å². The summed E-state index contributed by atoms with van der Waals surface area (Å²) in [6.45, 7) is 1.33. The smallest absolute Gasteiger partial charge is 0.275 e. The molecule has 2 aromatic heterocycles. The summed E-state index contributed by atoms with van der Waals surface area (Å²) >= 11 is 0. The highest BCUT2D eigenvalue weighted by molar-refractivity contribution is 5.96. The third kappa shape index (κ3) is 3.02. The van der Waals surface area contributed by atoms with Gasteiger partial charge in [0.15, 0.2) is 11.5 Å². The fraction of sp³-hybridized carbons (Fsp3) is 0.120. The standard InChI is InChI=1S/C25H20N4O3/c26-11-15-4-3-5-16(8-15)12-29-13-18(17-6-1-2-7-21(17)29)24-25(30)28-20-10-23-22(31-14-32-23)9-19(20)27-24/h1-10,13H,11-12,14,26H2,(H,28,30). The van der Waals surface area contributed by atoms with Gasteiger partial charge in [0.05, 0.1) is 11.0 Å². The quantitative estimate of drug-likeness (QED) is 0.458. The molecule has 0 unspecified atom stereocenters. The minimum Gasteiger partial charge on any atom is -0.454 e. The summed E-state index contributed by atoms with van der Waals surface area (Å²) in [6, 6.07) is 19.8. The van der Waals surface area contributed by atoms with Crippen LogP contribution >= 0.6 is 0 Å². The van der Waals surface area contributed by atoms with E-state index in [1.807, 2.05) is 36.5 Å². The van der Waals surface area contributed by atoms with E-state index in [0.717, 1.165) is 27.6 Å². The molecule has 7 nitrogen and oxygen atoms in total. The Morgan fingerprint density at radius 2 is 1.81 bits per heavy atom. The molecule has 7 heteroatoms. The van der Waals surface area contributed by atoms with Gasteiger partial charge in [0, 0.05) is 47.9 Å². The Hall–Kier alpha value is -4.10. The molecule has 0 atom stereocenters. The zero-order valence-electron chi connectivity index (χ0n) is 17.2. The van der Waals surface area contributed by atoms with Crippen molar-refractivity contribution in [2.45, 2.75) is 13.1 Å². The van der Waals surface area contributed by atoms with E-state index in [4.69, 9.17) is 20.2 Å². The maximum absolute atomic E-state index is 13.0. The van der Waals surface area contributed by atoms with Crippen LogP contribution in [0.25, 0.3) is 33.2 Å². The number of nitrogens with one attached hydrogen (secondary N) is 1. The summed E-state index contributed by atoms with van der Waals surface area (Å²) in [5.74, 6) is 1.24. The van der Waals surface area contributed by atoms with E-state index in [9.17, 15) is 4.79 Å². The number of aromatic amines is 1. The average molecular weight is 424 g/mol. The maximum Gasteiger partial charge on any atom is 0.275 e. The van der Waals surface area contributed by atoms with E-state index in [-0.39, 0.29) is 12.4 Å². The lowest BCUT2D eigenvalue weighted by Gasteiger charge is -2.07. The van der Waals surface area contributed by atoms with Gasteiger partial charge in [-0.1, -0.05) is 42.5 Å². The van der Waals surface area contributed by atoms with Crippen molar-refractivity contribution in [3.63, 3.8) is 0 Å². The number of para-hydroxylation sites is 1. The van der Waals surface area contributed by atoms with E-state index < -0.39 is 0 Å². The zero-order valence-corrected chi connectivity index (χ0v) is 17.2. The largest absolute Gasteiger partial charge is 0.454 e. The Kier molecular flexibility index (Phi) is 4.22. The maximum atomic E-state index is 13.0. The number of hydrogen-bond acceptors (Lipinski definition) is 5. The summed E-state index contributed by atoms with van der Waals surface area (Å²) in [6.07, 6.45) is 2.00. The van der Waals surface area contributed by atoms with Gasteiger partial charge >= 0.3 is 0 Å². The van der Waals surface area contributed by atoms with Crippen LogP contribution in [0.15, 0.2) is 71.7 Å². The van der Waals surface area contributed by atoms with Gasteiger partial charge in [-0.05, 0) is 17.2 Å². The number of ether oxygens (including phenoxy) is 2. The molecule has 6 rings (SSSR count). The van der Waals surface area contributed by atoms with Gasteiger partial charge in [-0.15, -0.1) is 0 Å². The van der Waals surface area contributed by atoms with Gasteiger partial charge in [-0.25, -0.2) is 4.98 Å². The van der Waals surface area contributed by atoms with Crippen molar-refractivity contribution in [2.24, 2.45) is 5.73 Å². The van der Waals surface area contributed by atoms with Gasteiger partial charge in [0.25, 0.3) is 5.56 Å². The Morgan fingerprint density at radius 3 is 2.69 bits per heavy atom. The molecular weight excluding hydrogens is 404 g/mol. The second-order valence-corrected chi connectivity index (χ2v) is 7.85. The molecule has 0 spiro atoms. The van der Waals surface area contributed by atoms with Crippen LogP contribution in [0.4, 0.5) is 0 Å². The van der Waals surface area contributed by atoms with Crippen LogP contribution in [0.5, 0.6) is 11.5 Å². The Bertz CT molecular complexity index is 1550. The summed E-state index contributed by atoms with van der Waals surface area (Å²) < 4.78 is 13.0. The lowest BCUT2D eigenvalue weighted by molar-refractivity contribution is 0.174. The number of H-pyrrole nitrogens is 1. The number of benzene rings is 3. The van der Waals surface area contributed by atoms with Crippen molar-refractivity contribution in [1.82, 2.24) is 14.5 Å². The Morgan fingerprint density at radius 1 is 1.00 bits per heavy atom. The van der Waals surface area contributed by atoms with Crippen molar-refractivity contribution in [2.75, 3.05) is 6.79 Å². The molecular formula is C25H20N4O3. The van der Waals surface area contributed by atoms with Crippen molar-refractivity contribution in [3.05, 3.63) is 88.3 Å². The molecule has 0 amide bonds. The molecule has 0 saturated carbocycles. The molecule has 0 radical (unpaired) electrons. The number of rotatable bonds is 4. The van der Waals surface area contributed by atoms with E-state index in [2.05, 4.69) is 27.8 Å². The molecule has 32 heavy (non-hydrogen) atoms. The normalized spacial score (nSPS) is 12.7. The van der Waals surface area contributed by atoms with Crippen molar-refractivity contribution in [1.29, 1.82) is 0 Å². The van der Waals surface area contributed by atoms with Gasteiger partial charge < -0.3 is 24.8 Å². The van der Waals surface area contributed by atoms with Crippen molar-refractivity contribution in [3.8, 4) is 22.8 Å². The van der Waals surface area contributed by atoms with Gasteiger partial charge in [0.1, 0.15) is 5.69 Å². The molecule has 158 valence electrons. The number of fused-ring (bicyclic) bond motifs is 3. The molecule has 0 bridgehead atoms.